The van der Waals surface area contributed by atoms with E-state index in [1.807, 2.05) is 59.2 Å². The first-order valence-electron chi connectivity index (χ1n) is 11.8. The number of fused-ring (bicyclic) bond motifs is 1. The number of carbonyl (C=O) groups is 1. The largest absolute Gasteiger partial charge is 0.486 e. The van der Waals surface area contributed by atoms with Gasteiger partial charge in [-0.25, -0.2) is 4.98 Å². The minimum Gasteiger partial charge on any atom is -0.486 e. The lowest BCUT2D eigenvalue weighted by Crippen LogP contribution is -2.15. The lowest BCUT2D eigenvalue weighted by molar-refractivity contribution is -0.113. The van der Waals surface area contributed by atoms with Gasteiger partial charge in [0.15, 0.2) is 11.0 Å². The second-order valence-corrected chi connectivity index (χ2v) is 11.3. The lowest BCUT2D eigenvalue weighted by Gasteiger charge is -2.09. The van der Waals surface area contributed by atoms with Crippen molar-refractivity contribution in [3.05, 3.63) is 95.2 Å². The predicted molar refractivity (Wildman–Crippen MR) is 158 cm³/mol. The molecule has 1 N–H and O–H groups in total. The number of hydrogen-bond donors (Lipinski definition) is 1. The second kappa shape index (κ2) is 11.9. The van der Waals surface area contributed by atoms with E-state index in [-0.39, 0.29) is 18.3 Å². The van der Waals surface area contributed by atoms with Crippen molar-refractivity contribution in [2.24, 2.45) is 0 Å². The van der Waals surface area contributed by atoms with Crippen LogP contribution in [0.4, 0.5) is 5.69 Å². The maximum Gasteiger partial charge on any atom is 0.234 e. The van der Waals surface area contributed by atoms with E-state index in [0.29, 0.717) is 17.5 Å². The van der Waals surface area contributed by atoms with E-state index in [4.69, 9.17) is 9.72 Å². The van der Waals surface area contributed by atoms with Gasteiger partial charge in [0, 0.05) is 22.3 Å². The van der Waals surface area contributed by atoms with Crippen molar-refractivity contribution in [2.75, 3.05) is 11.1 Å². The number of thiazole rings is 1. The topological polar surface area (TPSA) is 81.9 Å². The number of thioether (sulfide) groups is 1. The average Bonchev–Trinajstić information content (AvgIpc) is 3.51. The standard InChI is InChI=1S/C28H24BrN5O2S2/c1-3-14-34-25(16-36-22-11-7-20(29)8-12-22)32-33-28(34)37-17-26(35)30-21-9-5-19(6-10-21)27-31-23-13-4-18(2)15-24(23)38-27/h3-13,15H,1,14,16-17H2,2H3,(H,30,35). The fraction of sp³-hybridized carbons (Fsp3) is 0.143. The Balaban J connectivity index is 1.18. The molecular formula is C28H24BrN5O2S2. The van der Waals surface area contributed by atoms with Crippen molar-refractivity contribution in [3.8, 4) is 16.3 Å². The molecule has 0 fully saturated rings. The highest BCUT2D eigenvalue weighted by atomic mass is 79.9. The third-order valence-electron chi connectivity index (χ3n) is 5.58. The number of benzene rings is 3. The van der Waals surface area contributed by atoms with Crippen LogP contribution in [0.1, 0.15) is 11.4 Å². The number of halogens is 1. The van der Waals surface area contributed by atoms with Gasteiger partial charge < -0.3 is 10.1 Å². The van der Waals surface area contributed by atoms with Gasteiger partial charge in [-0.3, -0.25) is 9.36 Å². The molecule has 0 aliphatic rings. The average molecular weight is 607 g/mol. The summed E-state index contributed by atoms with van der Waals surface area (Å²) in [5.74, 6) is 1.47. The number of ether oxygens (including phenoxy) is 1. The van der Waals surface area contributed by atoms with Crippen LogP contribution in [0.15, 0.2) is 89.0 Å². The molecule has 0 aliphatic carbocycles. The summed E-state index contributed by atoms with van der Waals surface area (Å²) in [5.41, 5.74) is 3.97. The molecule has 3 aromatic carbocycles. The zero-order valence-electron chi connectivity index (χ0n) is 20.6. The van der Waals surface area contributed by atoms with Crippen LogP contribution in [0.2, 0.25) is 0 Å². The molecule has 0 aliphatic heterocycles. The quantitative estimate of drug-likeness (QED) is 0.135. The van der Waals surface area contributed by atoms with E-state index in [1.165, 1.54) is 22.0 Å². The molecule has 0 saturated heterocycles. The number of amides is 1. The minimum atomic E-state index is -0.126. The molecule has 0 radical (unpaired) electrons. The van der Waals surface area contributed by atoms with Crippen LogP contribution in [0.5, 0.6) is 5.75 Å². The van der Waals surface area contributed by atoms with Crippen LogP contribution < -0.4 is 10.1 Å². The Morgan fingerprint density at radius 2 is 1.92 bits per heavy atom. The van der Waals surface area contributed by atoms with E-state index in [0.717, 1.165) is 32.0 Å². The van der Waals surface area contributed by atoms with E-state index in [1.54, 1.807) is 17.4 Å². The summed E-state index contributed by atoms with van der Waals surface area (Å²) in [5, 5.41) is 13.1. The molecule has 38 heavy (non-hydrogen) atoms. The van der Waals surface area contributed by atoms with Crippen LogP contribution in [-0.2, 0) is 17.9 Å². The Kier molecular flexibility index (Phi) is 8.21. The van der Waals surface area contributed by atoms with Crippen molar-refractivity contribution < 1.29 is 9.53 Å². The number of aryl methyl sites for hydroxylation is 1. The van der Waals surface area contributed by atoms with Crippen molar-refractivity contribution in [1.29, 1.82) is 0 Å². The fourth-order valence-electron chi connectivity index (χ4n) is 3.70. The van der Waals surface area contributed by atoms with Gasteiger partial charge in [-0.2, -0.15) is 0 Å². The summed E-state index contributed by atoms with van der Waals surface area (Å²) >= 11 is 6.40. The van der Waals surface area contributed by atoms with E-state index in [9.17, 15) is 4.79 Å². The highest BCUT2D eigenvalue weighted by Crippen LogP contribution is 2.31. The van der Waals surface area contributed by atoms with Crippen LogP contribution in [0.3, 0.4) is 0 Å². The normalized spacial score (nSPS) is 11.0. The van der Waals surface area contributed by atoms with Crippen molar-refractivity contribution >= 4 is 60.8 Å². The summed E-state index contributed by atoms with van der Waals surface area (Å²) < 4.78 is 9.90. The van der Waals surface area contributed by atoms with Gasteiger partial charge in [-0.05, 0) is 73.2 Å². The molecule has 2 aromatic heterocycles. The predicted octanol–water partition coefficient (Wildman–Crippen LogP) is 7.12. The van der Waals surface area contributed by atoms with Gasteiger partial charge in [0.05, 0.1) is 16.0 Å². The van der Waals surface area contributed by atoms with Crippen molar-refractivity contribution in [2.45, 2.75) is 25.2 Å². The molecule has 0 unspecified atom stereocenters. The molecule has 0 spiro atoms. The third-order valence-corrected chi connectivity index (χ3v) is 8.14. The van der Waals surface area contributed by atoms with Crippen LogP contribution in [0, 0.1) is 6.92 Å². The number of nitrogens with zero attached hydrogens (tertiary/aromatic N) is 4. The molecule has 5 rings (SSSR count). The van der Waals surface area contributed by atoms with Gasteiger partial charge in [0.25, 0.3) is 0 Å². The molecule has 5 aromatic rings. The van der Waals surface area contributed by atoms with Gasteiger partial charge in [-0.1, -0.05) is 39.8 Å². The van der Waals surface area contributed by atoms with Crippen LogP contribution in [0.25, 0.3) is 20.8 Å². The maximum absolute atomic E-state index is 12.7. The molecular weight excluding hydrogens is 582 g/mol. The first kappa shape index (κ1) is 26.1. The van der Waals surface area contributed by atoms with Gasteiger partial charge in [-0.15, -0.1) is 28.1 Å². The summed E-state index contributed by atoms with van der Waals surface area (Å²) in [6.45, 7) is 6.68. The smallest absolute Gasteiger partial charge is 0.234 e. The SMILES string of the molecule is C=CCn1c(COc2ccc(Br)cc2)nnc1SCC(=O)Nc1ccc(-c2nc3ccc(C)cc3s2)cc1. The minimum absolute atomic E-state index is 0.126. The number of anilines is 1. The Labute approximate surface area is 237 Å². The maximum atomic E-state index is 12.7. The van der Waals surface area contributed by atoms with Crippen molar-refractivity contribution in [1.82, 2.24) is 19.7 Å². The van der Waals surface area contributed by atoms with E-state index in [2.05, 4.69) is 57.1 Å². The molecule has 0 saturated carbocycles. The molecule has 0 bridgehead atoms. The first-order valence-corrected chi connectivity index (χ1v) is 14.4. The first-order chi connectivity index (χ1) is 18.5. The number of nitrogens with one attached hydrogen (secondary N) is 1. The molecule has 192 valence electrons. The monoisotopic (exact) mass is 605 g/mol. The van der Waals surface area contributed by atoms with E-state index >= 15 is 0 Å². The zero-order valence-corrected chi connectivity index (χ0v) is 23.8. The number of hydrogen-bond acceptors (Lipinski definition) is 7. The molecule has 10 heteroatoms. The summed E-state index contributed by atoms with van der Waals surface area (Å²) in [7, 11) is 0. The molecule has 2 heterocycles. The highest BCUT2D eigenvalue weighted by Gasteiger charge is 2.15. The molecule has 7 nitrogen and oxygen atoms in total. The Bertz CT molecular complexity index is 1580. The fourth-order valence-corrected chi connectivity index (χ4v) is 5.80. The van der Waals surface area contributed by atoms with Crippen LogP contribution >= 0.6 is 39.0 Å². The lowest BCUT2D eigenvalue weighted by atomic mass is 10.2. The second-order valence-electron chi connectivity index (χ2n) is 8.45. The summed E-state index contributed by atoms with van der Waals surface area (Å²) in [6.07, 6.45) is 1.77. The third kappa shape index (κ3) is 6.32. The molecule has 1 amide bonds. The summed E-state index contributed by atoms with van der Waals surface area (Å²) in [4.78, 5) is 17.4. The van der Waals surface area contributed by atoms with Crippen LogP contribution in [-0.4, -0.2) is 31.4 Å². The number of rotatable bonds is 10. The Hall–Kier alpha value is -3.47. The zero-order chi connectivity index (χ0) is 26.5. The van der Waals surface area contributed by atoms with Gasteiger partial charge in [0.2, 0.25) is 5.91 Å². The number of aromatic nitrogens is 4. The van der Waals surface area contributed by atoms with Crippen molar-refractivity contribution in [3.63, 3.8) is 0 Å². The van der Waals surface area contributed by atoms with E-state index < -0.39 is 0 Å². The van der Waals surface area contributed by atoms with Gasteiger partial charge in [0.1, 0.15) is 17.4 Å². The highest BCUT2D eigenvalue weighted by molar-refractivity contribution is 9.10. The Morgan fingerprint density at radius 3 is 2.68 bits per heavy atom. The number of carbonyl (C=O) groups excluding carboxylic acids is 1. The van der Waals surface area contributed by atoms with Gasteiger partial charge >= 0.3 is 0 Å². The molecule has 0 atom stereocenters. The Morgan fingerprint density at radius 1 is 1.13 bits per heavy atom. The number of allylic oxidation sites excluding steroid dienone is 1. The summed E-state index contributed by atoms with van der Waals surface area (Å²) in [6, 6.07) is 21.6.